The molecule has 8 heteroatoms. The molecule has 0 radical (unpaired) electrons. The summed E-state index contributed by atoms with van der Waals surface area (Å²) in [5.74, 6) is 2.88. The summed E-state index contributed by atoms with van der Waals surface area (Å²) in [7, 11) is 0. The normalized spacial score (nSPS) is 11.2. The zero-order valence-electron chi connectivity index (χ0n) is 24.2. The number of carbonyl (C=O) groups excluding carboxylic acids is 1. The van der Waals surface area contributed by atoms with Crippen LogP contribution in [0, 0.1) is 6.92 Å². The maximum absolute atomic E-state index is 12.8. The van der Waals surface area contributed by atoms with Gasteiger partial charge in [0, 0.05) is 11.4 Å². The second kappa shape index (κ2) is 13.0. The zero-order valence-corrected chi connectivity index (χ0v) is 25.0. The van der Waals surface area contributed by atoms with Gasteiger partial charge in [-0.2, -0.15) is 0 Å². The van der Waals surface area contributed by atoms with Gasteiger partial charge >= 0.3 is 0 Å². The smallest absolute Gasteiger partial charge is 0.234 e. The summed E-state index contributed by atoms with van der Waals surface area (Å²) in [6.45, 7) is 8.83. The van der Waals surface area contributed by atoms with Crippen molar-refractivity contribution in [1.82, 2.24) is 14.8 Å². The molecule has 0 atom stereocenters. The summed E-state index contributed by atoms with van der Waals surface area (Å²) in [5.41, 5.74) is 4.03. The standard InChI is InChI=1S/C34H34N4O3S/c1-24-9-8-10-27(21-24)38-31(22-40-28-17-13-25(14-18-28)34(2,3)4)36-37-33(38)42-23-32(39)35-26-15-19-30(20-16-26)41-29-11-6-5-7-12-29/h5-21H,22-23H2,1-4H3,(H,35,39). The quantitative estimate of drug-likeness (QED) is 0.169. The molecule has 1 heterocycles. The maximum Gasteiger partial charge on any atom is 0.234 e. The van der Waals surface area contributed by atoms with E-state index in [4.69, 9.17) is 9.47 Å². The van der Waals surface area contributed by atoms with Gasteiger partial charge in [0.15, 0.2) is 11.0 Å². The van der Waals surface area contributed by atoms with Gasteiger partial charge in [-0.3, -0.25) is 9.36 Å². The fourth-order valence-electron chi connectivity index (χ4n) is 4.27. The number of amides is 1. The largest absolute Gasteiger partial charge is 0.486 e. The van der Waals surface area contributed by atoms with Gasteiger partial charge in [0.2, 0.25) is 5.91 Å². The van der Waals surface area contributed by atoms with E-state index in [-0.39, 0.29) is 23.7 Å². The summed E-state index contributed by atoms with van der Waals surface area (Å²) >= 11 is 1.32. The number of nitrogens with zero attached hydrogens (tertiary/aromatic N) is 3. The molecule has 1 aromatic heterocycles. The third kappa shape index (κ3) is 7.59. The molecular weight excluding hydrogens is 544 g/mol. The minimum Gasteiger partial charge on any atom is -0.486 e. The highest BCUT2D eigenvalue weighted by molar-refractivity contribution is 7.99. The molecule has 1 N–H and O–H groups in total. The molecule has 214 valence electrons. The van der Waals surface area contributed by atoms with Crippen LogP contribution in [0.3, 0.4) is 0 Å². The fourth-order valence-corrected chi connectivity index (χ4v) is 5.04. The lowest BCUT2D eigenvalue weighted by atomic mass is 9.87. The summed E-state index contributed by atoms with van der Waals surface area (Å²) in [5, 5.41) is 12.4. The number of benzene rings is 4. The Hall–Kier alpha value is -4.56. The van der Waals surface area contributed by atoms with Crippen LogP contribution in [0.5, 0.6) is 17.2 Å². The predicted molar refractivity (Wildman–Crippen MR) is 168 cm³/mol. The molecule has 7 nitrogen and oxygen atoms in total. The molecule has 0 bridgehead atoms. The van der Waals surface area contributed by atoms with Crippen LogP contribution in [0.25, 0.3) is 5.69 Å². The molecule has 0 unspecified atom stereocenters. The average Bonchev–Trinajstić information content (AvgIpc) is 3.39. The van der Waals surface area contributed by atoms with Crippen LogP contribution in [0.2, 0.25) is 0 Å². The minimum absolute atomic E-state index is 0.0719. The van der Waals surface area contributed by atoms with Gasteiger partial charge < -0.3 is 14.8 Å². The van der Waals surface area contributed by atoms with Crippen LogP contribution < -0.4 is 14.8 Å². The number of aromatic nitrogens is 3. The predicted octanol–water partition coefficient (Wildman–Crippen LogP) is 7.98. The number of carbonyl (C=O) groups is 1. The number of para-hydroxylation sites is 1. The Labute approximate surface area is 250 Å². The van der Waals surface area contributed by atoms with Crippen molar-refractivity contribution >= 4 is 23.4 Å². The number of hydrogen-bond acceptors (Lipinski definition) is 6. The van der Waals surface area contributed by atoms with Crippen LogP contribution in [-0.4, -0.2) is 26.4 Å². The van der Waals surface area contributed by atoms with Crippen molar-refractivity contribution < 1.29 is 14.3 Å². The molecule has 4 aromatic carbocycles. The van der Waals surface area contributed by atoms with Crippen LogP contribution in [0.1, 0.15) is 37.7 Å². The van der Waals surface area contributed by atoms with Crippen molar-refractivity contribution in [3.05, 3.63) is 120 Å². The number of hydrogen-bond donors (Lipinski definition) is 1. The van der Waals surface area contributed by atoms with Crippen molar-refractivity contribution in [3.8, 4) is 22.9 Å². The highest BCUT2D eigenvalue weighted by atomic mass is 32.2. The monoisotopic (exact) mass is 578 g/mol. The second-order valence-electron chi connectivity index (χ2n) is 10.9. The molecule has 0 aliphatic carbocycles. The lowest BCUT2D eigenvalue weighted by Gasteiger charge is -2.19. The lowest BCUT2D eigenvalue weighted by Crippen LogP contribution is -2.14. The zero-order chi connectivity index (χ0) is 29.5. The molecular formula is C34H34N4O3S. The van der Waals surface area contributed by atoms with E-state index >= 15 is 0 Å². The van der Waals surface area contributed by atoms with Gasteiger partial charge in [0.25, 0.3) is 0 Å². The number of aryl methyl sites for hydroxylation is 1. The number of thioether (sulfide) groups is 1. The van der Waals surface area contributed by atoms with Gasteiger partial charge in [-0.25, -0.2) is 0 Å². The fraction of sp³-hybridized carbons (Fsp3) is 0.206. The van der Waals surface area contributed by atoms with Gasteiger partial charge in [-0.05, 0) is 84.1 Å². The van der Waals surface area contributed by atoms with Crippen molar-refractivity contribution in [1.29, 1.82) is 0 Å². The molecule has 5 aromatic rings. The highest BCUT2D eigenvalue weighted by Crippen LogP contribution is 2.27. The molecule has 0 aliphatic rings. The highest BCUT2D eigenvalue weighted by Gasteiger charge is 2.18. The first kappa shape index (κ1) is 29.0. The Morgan fingerprint density at radius 3 is 2.21 bits per heavy atom. The Balaban J connectivity index is 1.24. The number of anilines is 1. The van der Waals surface area contributed by atoms with Crippen LogP contribution in [0.15, 0.2) is 108 Å². The maximum atomic E-state index is 12.8. The van der Waals surface area contributed by atoms with E-state index in [2.05, 4.69) is 54.5 Å². The molecule has 42 heavy (non-hydrogen) atoms. The summed E-state index contributed by atoms with van der Waals surface area (Å²) in [6, 6.07) is 33.1. The summed E-state index contributed by atoms with van der Waals surface area (Å²) < 4.78 is 13.9. The summed E-state index contributed by atoms with van der Waals surface area (Å²) in [4.78, 5) is 12.8. The van der Waals surface area contributed by atoms with Crippen molar-refractivity contribution in [2.45, 2.75) is 44.9 Å². The topological polar surface area (TPSA) is 78.3 Å². The molecule has 0 spiro atoms. The van der Waals surface area contributed by atoms with E-state index in [9.17, 15) is 4.79 Å². The van der Waals surface area contributed by atoms with E-state index in [1.807, 2.05) is 96.4 Å². The van der Waals surface area contributed by atoms with Gasteiger partial charge in [-0.1, -0.05) is 75.0 Å². The Bertz CT molecular complexity index is 1630. The second-order valence-corrected chi connectivity index (χ2v) is 11.9. The third-order valence-electron chi connectivity index (χ3n) is 6.50. The number of rotatable bonds is 10. The number of ether oxygens (including phenoxy) is 2. The first-order valence-electron chi connectivity index (χ1n) is 13.7. The van der Waals surface area contributed by atoms with E-state index in [0.29, 0.717) is 22.4 Å². The first-order valence-corrected chi connectivity index (χ1v) is 14.7. The van der Waals surface area contributed by atoms with E-state index in [1.165, 1.54) is 17.3 Å². The van der Waals surface area contributed by atoms with Gasteiger partial charge in [-0.15, -0.1) is 10.2 Å². The van der Waals surface area contributed by atoms with Gasteiger partial charge in [0.1, 0.15) is 23.9 Å². The van der Waals surface area contributed by atoms with E-state index in [0.717, 1.165) is 22.7 Å². The Morgan fingerprint density at radius 1 is 0.833 bits per heavy atom. The van der Waals surface area contributed by atoms with Gasteiger partial charge in [0.05, 0.1) is 5.75 Å². The van der Waals surface area contributed by atoms with Crippen LogP contribution in [-0.2, 0) is 16.8 Å². The van der Waals surface area contributed by atoms with Crippen molar-refractivity contribution in [3.63, 3.8) is 0 Å². The summed E-state index contributed by atoms with van der Waals surface area (Å²) in [6.07, 6.45) is 0. The lowest BCUT2D eigenvalue weighted by molar-refractivity contribution is -0.113. The van der Waals surface area contributed by atoms with E-state index in [1.54, 1.807) is 0 Å². The third-order valence-corrected chi connectivity index (χ3v) is 7.43. The molecule has 0 fully saturated rings. The van der Waals surface area contributed by atoms with Crippen molar-refractivity contribution in [2.75, 3.05) is 11.1 Å². The molecule has 5 rings (SSSR count). The Morgan fingerprint density at radius 2 is 1.52 bits per heavy atom. The van der Waals surface area contributed by atoms with Crippen LogP contribution in [0.4, 0.5) is 5.69 Å². The Kier molecular flexibility index (Phi) is 8.93. The van der Waals surface area contributed by atoms with Crippen LogP contribution >= 0.6 is 11.8 Å². The molecule has 1 amide bonds. The number of nitrogens with one attached hydrogen (secondary N) is 1. The minimum atomic E-state index is -0.146. The average molecular weight is 579 g/mol. The van der Waals surface area contributed by atoms with E-state index < -0.39 is 0 Å². The molecule has 0 saturated carbocycles. The van der Waals surface area contributed by atoms with Crippen molar-refractivity contribution in [2.24, 2.45) is 0 Å². The molecule has 0 aliphatic heterocycles. The first-order chi connectivity index (χ1) is 20.2. The molecule has 0 saturated heterocycles. The SMILES string of the molecule is Cc1cccc(-n2c(COc3ccc(C(C)(C)C)cc3)nnc2SCC(=O)Nc2ccc(Oc3ccccc3)cc2)c1.